The Kier molecular flexibility index (Phi) is 3.99. The zero-order chi connectivity index (χ0) is 12.3. The first-order chi connectivity index (χ1) is 8.18. The van der Waals surface area contributed by atoms with E-state index in [1.165, 1.54) is 0 Å². The molecule has 0 aromatic heterocycles. The Morgan fingerprint density at radius 3 is 2.12 bits per heavy atom. The number of hydrogen-bond acceptors (Lipinski definition) is 3. The maximum absolute atomic E-state index is 12.2. The van der Waals surface area contributed by atoms with Crippen molar-refractivity contribution in [3.05, 3.63) is 0 Å². The summed E-state index contributed by atoms with van der Waals surface area (Å²) in [5.74, 6) is -0.598. The smallest absolute Gasteiger partial charge is 0.306 e. The normalized spacial score (nSPS) is 23.6. The molecule has 0 unspecified atom stereocenters. The van der Waals surface area contributed by atoms with Gasteiger partial charge in [0.25, 0.3) is 0 Å². The van der Waals surface area contributed by atoms with Gasteiger partial charge in [-0.3, -0.25) is 9.59 Å². The number of aliphatic carboxylic acids is 1. The van der Waals surface area contributed by atoms with E-state index < -0.39 is 5.97 Å². The van der Waals surface area contributed by atoms with Crippen LogP contribution in [0.1, 0.15) is 25.7 Å². The van der Waals surface area contributed by atoms with E-state index >= 15 is 0 Å². The van der Waals surface area contributed by atoms with Gasteiger partial charge in [0.1, 0.15) is 0 Å². The number of hydrogen-bond donors (Lipinski definition) is 2. The lowest BCUT2D eigenvalue weighted by atomic mass is 9.93. The molecule has 2 aliphatic heterocycles. The Labute approximate surface area is 101 Å². The Bertz CT molecular complexity index is 292. The molecule has 1 amide bonds. The Balaban J connectivity index is 1.83. The minimum absolute atomic E-state index is 0.151. The van der Waals surface area contributed by atoms with Gasteiger partial charge in [-0.15, -0.1) is 0 Å². The summed E-state index contributed by atoms with van der Waals surface area (Å²) >= 11 is 0. The number of carboxylic acids is 1. The Hall–Kier alpha value is -1.10. The van der Waals surface area contributed by atoms with E-state index in [-0.39, 0.29) is 17.7 Å². The molecule has 5 nitrogen and oxygen atoms in total. The molecule has 0 spiro atoms. The number of likely N-dealkylation sites (tertiary alicyclic amines) is 1. The average Bonchev–Trinajstić information content (AvgIpc) is 2.39. The summed E-state index contributed by atoms with van der Waals surface area (Å²) in [4.78, 5) is 24.9. The predicted molar refractivity (Wildman–Crippen MR) is 62.5 cm³/mol. The highest BCUT2D eigenvalue weighted by molar-refractivity contribution is 5.79. The van der Waals surface area contributed by atoms with Gasteiger partial charge in [-0.1, -0.05) is 0 Å². The third-order valence-corrected chi connectivity index (χ3v) is 3.84. The molecule has 2 saturated heterocycles. The molecule has 17 heavy (non-hydrogen) atoms. The Morgan fingerprint density at radius 1 is 1.00 bits per heavy atom. The van der Waals surface area contributed by atoms with E-state index in [1.807, 2.05) is 4.90 Å². The molecule has 2 fully saturated rings. The second-order valence-corrected chi connectivity index (χ2v) is 4.96. The fourth-order valence-corrected chi connectivity index (χ4v) is 2.67. The van der Waals surface area contributed by atoms with Crippen LogP contribution in [0.25, 0.3) is 0 Å². The summed E-state index contributed by atoms with van der Waals surface area (Å²) in [5, 5.41) is 12.1. The van der Waals surface area contributed by atoms with Gasteiger partial charge in [-0.05, 0) is 38.8 Å². The molecule has 0 radical (unpaired) electrons. The number of nitrogens with one attached hydrogen (secondary N) is 1. The van der Waals surface area contributed by atoms with Crippen LogP contribution in [0.3, 0.4) is 0 Å². The van der Waals surface area contributed by atoms with Crippen LogP contribution in [0.5, 0.6) is 0 Å². The predicted octanol–water partition coefficient (Wildman–Crippen LogP) is 0.309. The first kappa shape index (κ1) is 12.4. The fraction of sp³-hybridized carbons (Fsp3) is 0.833. The monoisotopic (exact) mass is 240 g/mol. The minimum atomic E-state index is -0.723. The highest BCUT2D eigenvalue weighted by Gasteiger charge is 2.30. The molecule has 0 saturated carbocycles. The van der Waals surface area contributed by atoms with Crippen LogP contribution in [0.15, 0.2) is 0 Å². The van der Waals surface area contributed by atoms with Gasteiger partial charge in [0, 0.05) is 19.0 Å². The topological polar surface area (TPSA) is 69.6 Å². The largest absolute Gasteiger partial charge is 0.481 e. The third-order valence-electron chi connectivity index (χ3n) is 3.84. The molecule has 96 valence electrons. The summed E-state index contributed by atoms with van der Waals surface area (Å²) in [6, 6.07) is 0. The third kappa shape index (κ3) is 2.97. The summed E-state index contributed by atoms with van der Waals surface area (Å²) in [6.07, 6.45) is 3.04. The molecule has 0 atom stereocenters. The van der Waals surface area contributed by atoms with E-state index in [0.29, 0.717) is 25.9 Å². The molecule has 2 aliphatic rings. The Morgan fingerprint density at radius 2 is 1.59 bits per heavy atom. The number of carboxylic acid groups (broad SMARTS) is 1. The van der Waals surface area contributed by atoms with E-state index in [1.54, 1.807) is 0 Å². The summed E-state index contributed by atoms with van der Waals surface area (Å²) < 4.78 is 0. The lowest BCUT2D eigenvalue weighted by Crippen LogP contribution is -2.45. The van der Waals surface area contributed by atoms with Crippen molar-refractivity contribution in [1.29, 1.82) is 0 Å². The van der Waals surface area contributed by atoms with Gasteiger partial charge >= 0.3 is 5.97 Å². The zero-order valence-electron chi connectivity index (χ0n) is 10.0. The summed E-state index contributed by atoms with van der Waals surface area (Å²) in [7, 11) is 0. The van der Waals surface area contributed by atoms with Crippen LogP contribution in [0.2, 0.25) is 0 Å². The van der Waals surface area contributed by atoms with Crippen molar-refractivity contribution in [2.45, 2.75) is 25.7 Å². The van der Waals surface area contributed by atoms with Crippen molar-refractivity contribution in [2.24, 2.45) is 11.8 Å². The summed E-state index contributed by atoms with van der Waals surface area (Å²) in [5.41, 5.74) is 0. The fourth-order valence-electron chi connectivity index (χ4n) is 2.67. The second kappa shape index (κ2) is 5.49. The molecule has 0 aliphatic carbocycles. The molecular formula is C12H20N2O3. The SMILES string of the molecule is O=C(O)C1CCN(C(=O)C2CCNCC2)CC1. The van der Waals surface area contributed by atoms with Gasteiger partial charge in [-0.25, -0.2) is 0 Å². The molecule has 0 bridgehead atoms. The van der Waals surface area contributed by atoms with Gasteiger partial charge < -0.3 is 15.3 Å². The average molecular weight is 240 g/mol. The first-order valence-electron chi connectivity index (χ1n) is 6.41. The van der Waals surface area contributed by atoms with E-state index in [9.17, 15) is 9.59 Å². The van der Waals surface area contributed by atoms with Gasteiger partial charge in [0.2, 0.25) is 5.91 Å². The minimum Gasteiger partial charge on any atom is -0.481 e. The van der Waals surface area contributed by atoms with Crippen LogP contribution in [0, 0.1) is 11.8 Å². The van der Waals surface area contributed by atoms with Crippen molar-refractivity contribution in [3.8, 4) is 0 Å². The van der Waals surface area contributed by atoms with Gasteiger partial charge in [0.15, 0.2) is 0 Å². The standard InChI is InChI=1S/C12H20N2O3/c15-11(9-1-5-13-6-2-9)14-7-3-10(4-8-14)12(16)17/h9-10,13H,1-8H2,(H,16,17). The van der Waals surface area contributed by atoms with Gasteiger partial charge in [-0.2, -0.15) is 0 Å². The molecule has 5 heteroatoms. The number of nitrogens with zero attached hydrogens (tertiary/aromatic N) is 1. The second-order valence-electron chi connectivity index (χ2n) is 4.96. The number of amides is 1. The lowest BCUT2D eigenvalue weighted by Gasteiger charge is -2.34. The molecular weight excluding hydrogens is 220 g/mol. The number of carbonyl (C=O) groups is 2. The molecule has 0 aromatic carbocycles. The maximum Gasteiger partial charge on any atom is 0.306 e. The van der Waals surface area contributed by atoms with Crippen LogP contribution >= 0.6 is 0 Å². The van der Waals surface area contributed by atoms with Crippen molar-refractivity contribution < 1.29 is 14.7 Å². The molecule has 0 aromatic rings. The van der Waals surface area contributed by atoms with Crippen molar-refractivity contribution in [1.82, 2.24) is 10.2 Å². The van der Waals surface area contributed by atoms with Crippen molar-refractivity contribution in [2.75, 3.05) is 26.2 Å². The lowest BCUT2D eigenvalue weighted by molar-refractivity contribution is -0.147. The molecule has 2 rings (SSSR count). The van der Waals surface area contributed by atoms with E-state index in [2.05, 4.69) is 5.32 Å². The van der Waals surface area contributed by atoms with Crippen LogP contribution in [-0.4, -0.2) is 48.1 Å². The van der Waals surface area contributed by atoms with Crippen molar-refractivity contribution in [3.63, 3.8) is 0 Å². The first-order valence-corrected chi connectivity index (χ1v) is 6.41. The van der Waals surface area contributed by atoms with Crippen LogP contribution < -0.4 is 5.32 Å². The number of piperidine rings is 2. The molecule has 2 N–H and O–H groups in total. The van der Waals surface area contributed by atoms with Crippen LogP contribution in [-0.2, 0) is 9.59 Å². The highest BCUT2D eigenvalue weighted by atomic mass is 16.4. The highest BCUT2D eigenvalue weighted by Crippen LogP contribution is 2.21. The van der Waals surface area contributed by atoms with Crippen LogP contribution in [0.4, 0.5) is 0 Å². The quantitative estimate of drug-likeness (QED) is 0.729. The summed E-state index contributed by atoms with van der Waals surface area (Å²) in [6.45, 7) is 3.06. The van der Waals surface area contributed by atoms with Crippen molar-refractivity contribution >= 4 is 11.9 Å². The zero-order valence-corrected chi connectivity index (χ0v) is 10.0. The molecule has 2 heterocycles. The van der Waals surface area contributed by atoms with E-state index in [0.717, 1.165) is 25.9 Å². The number of carbonyl (C=O) groups excluding carboxylic acids is 1. The number of rotatable bonds is 2. The maximum atomic E-state index is 12.2. The van der Waals surface area contributed by atoms with E-state index in [4.69, 9.17) is 5.11 Å². The van der Waals surface area contributed by atoms with Gasteiger partial charge in [0.05, 0.1) is 5.92 Å².